The molecule has 1 saturated carbocycles. The Bertz CT molecular complexity index is 558. The number of nitrogens with one attached hydrogen (secondary N) is 1. The van der Waals surface area contributed by atoms with Crippen molar-refractivity contribution in [1.82, 2.24) is 20.1 Å². The Morgan fingerprint density at radius 3 is 2.63 bits per heavy atom. The predicted octanol–water partition coefficient (Wildman–Crippen LogP) is 1.86. The lowest BCUT2D eigenvalue weighted by molar-refractivity contribution is 0.573. The first-order chi connectivity index (χ1) is 9.19. The molecule has 6 heteroatoms. The Balaban J connectivity index is 1.65. The molecule has 2 aromatic rings. The van der Waals surface area contributed by atoms with Gasteiger partial charge in [-0.15, -0.1) is 0 Å². The predicted molar refractivity (Wildman–Crippen MR) is 65.3 cm³/mol. The minimum atomic E-state index is -0.578. The fourth-order valence-corrected chi connectivity index (χ4v) is 1.90. The molecule has 19 heavy (non-hydrogen) atoms. The first-order valence-corrected chi connectivity index (χ1v) is 6.26. The monoisotopic (exact) mass is 264 g/mol. The van der Waals surface area contributed by atoms with Crippen LogP contribution in [0.1, 0.15) is 24.2 Å². The average Bonchev–Trinajstić information content (AvgIpc) is 3.06. The molecule has 4 nitrogen and oxygen atoms in total. The third-order valence-corrected chi connectivity index (χ3v) is 2.98. The third-order valence-electron chi connectivity index (χ3n) is 2.98. The van der Waals surface area contributed by atoms with E-state index in [-0.39, 0.29) is 0 Å². The van der Waals surface area contributed by atoms with Crippen molar-refractivity contribution in [1.29, 1.82) is 0 Å². The largest absolute Gasteiger partial charge is 0.307 e. The van der Waals surface area contributed by atoms with Gasteiger partial charge in [0.1, 0.15) is 18.0 Å². The van der Waals surface area contributed by atoms with E-state index in [2.05, 4.69) is 15.4 Å². The van der Waals surface area contributed by atoms with Crippen molar-refractivity contribution in [2.24, 2.45) is 0 Å². The molecule has 0 spiro atoms. The van der Waals surface area contributed by atoms with Crippen LogP contribution < -0.4 is 5.32 Å². The van der Waals surface area contributed by atoms with Gasteiger partial charge in [-0.05, 0) is 30.5 Å². The number of rotatable bonds is 5. The fourth-order valence-electron chi connectivity index (χ4n) is 1.90. The lowest BCUT2D eigenvalue weighted by Crippen LogP contribution is -2.16. The van der Waals surface area contributed by atoms with E-state index in [0.717, 1.165) is 6.07 Å². The fraction of sp³-hybridized carbons (Fsp3) is 0.385. The molecule has 0 bridgehead atoms. The quantitative estimate of drug-likeness (QED) is 0.896. The van der Waals surface area contributed by atoms with Crippen LogP contribution in [-0.4, -0.2) is 20.8 Å². The van der Waals surface area contributed by atoms with Crippen molar-refractivity contribution < 1.29 is 8.78 Å². The molecule has 1 aromatic heterocycles. The number of aromatic nitrogens is 3. The molecular weight excluding hydrogens is 250 g/mol. The first-order valence-electron chi connectivity index (χ1n) is 6.26. The van der Waals surface area contributed by atoms with Crippen molar-refractivity contribution in [3.8, 4) is 0 Å². The van der Waals surface area contributed by atoms with Crippen LogP contribution in [0.5, 0.6) is 0 Å². The molecule has 0 amide bonds. The summed E-state index contributed by atoms with van der Waals surface area (Å²) in [5.41, 5.74) is 0.532. The van der Waals surface area contributed by atoms with Gasteiger partial charge >= 0.3 is 0 Å². The smallest absolute Gasteiger partial charge is 0.164 e. The summed E-state index contributed by atoms with van der Waals surface area (Å²) in [6.45, 7) is 0.945. The van der Waals surface area contributed by atoms with Gasteiger partial charge in [0.15, 0.2) is 5.82 Å². The minimum Gasteiger partial charge on any atom is -0.307 e. The molecule has 1 aliphatic carbocycles. The molecule has 1 aromatic carbocycles. The van der Waals surface area contributed by atoms with Crippen molar-refractivity contribution in [3.05, 3.63) is 47.5 Å². The van der Waals surface area contributed by atoms with E-state index >= 15 is 0 Å². The highest BCUT2D eigenvalue weighted by Gasteiger charge is 2.20. The molecule has 0 radical (unpaired) electrons. The number of nitrogens with zero attached hydrogens (tertiary/aromatic N) is 3. The van der Waals surface area contributed by atoms with E-state index in [9.17, 15) is 8.78 Å². The first kappa shape index (κ1) is 12.2. The normalized spacial score (nSPS) is 14.8. The van der Waals surface area contributed by atoms with E-state index in [0.29, 0.717) is 30.5 Å². The Hall–Kier alpha value is -1.82. The van der Waals surface area contributed by atoms with Gasteiger partial charge in [-0.3, -0.25) is 0 Å². The Kier molecular flexibility index (Phi) is 3.25. The minimum absolute atomic E-state index is 0.311. The van der Waals surface area contributed by atoms with Gasteiger partial charge in [0, 0.05) is 12.1 Å². The molecule has 1 fully saturated rings. The standard InChI is InChI=1S/C13H14F2N4/c14-10-3-9(4-11(15)5-10)7-19-8-17-13(18-19)6-16-12-1-2-12/h3-5,8,12,16H,1-2,6-7H2. The molecule has 1 N–H and O–H groups in total. The maximum atomic E-state index is 13.1. The second kappa shape index (κ2) is 5.05. The molecule has 0 atom stereocenters. The van der Waals surface area contributed by atoms with Crippen molar-refractivity contribution in [3.63, 3.8) is 0 Å². The Labute approximate surface area is 109 Å². The number of benzene rings is 1. The van der Waals surface area contributed by atoms with Gasteiger partial charge in [0.2, 0.25) is 0 Å². The topological polar surface area (TPSA) is 42.7 Å². The highest BCUT2D eigenvalue weighted by atomic mass is 19.1. The molecule has 0 saturated heterocycles. The molecular formula is C13H14F2N4. The van der Waals surface area contributed by atoms with Gasteiger partial charge in [0.05, 0.1) is 13.1 Å². The second-order valence-electron chi connectivity index (χ2n) is 4.79. The van der Waals surface area contributed by atoms with Gasteiger partial charge in [0.25, 0.3) is 0 Å². The Morgan fingerprint density at radius 1 is 1.21 bits per heavy atom. The average molecular weight is 264 g/mol. The zero-order valence-corrected chi connectivity index (χ0v) is 10.3. The maximum Gasteiger partial charge on any atom is 0.164 e. The van der Waals surface area contributed by atoms with Crippen LogP contribution in [0.4, 0.5) is 8.78 Å². The van der Waals surface area contributed by atoms with Crippen LogP contribution in [0.3, 0.4) is 0 Å². The summed E-state index contributed by atoms with van der Waals surface area (Å²) in [4.78, 5) is 4.16. The van der Waals surface area contributed by atoms with E-state index < -0.39 is 11.6 Å². The van der Waals surface area contributed by atoms with Gasteiger partial charge in [-0.1, -0.05) is 0 Å². The number of hydrogen-bond acceptors (Lipinski definition) is 3. The summed E-state index contributed by atoms with van der Waals surface area (Å²) in [6.07, 6.45) is 4.00. The van der Waals surface area contributed by atoms with Crippen molar-refractivity contribution in [2.75, 3.05) is 0 Å². The highest BCUT2D eigenvalue weighted by Crippen LogP contribution is 2.18. The summed E-state index contributed by atoms with van der Waals surface area (Å²) in [5.74, 6) is -0.458. The van der Waals surface area contributed by atoms with Crippen LogP contribution in [0, 0.1) is 11.6 Å². The SMILES string of the molecule is Fc1cc(F)cc(Cn2cnc(CNC3CC3)n2)c1. The van der Waals surface area contributed by atoms with Crippen molar-refractivity contribution in [2.45, 2.75) is 32.0 Å². The van der Waals surface area contributed by atoms with Gasteiger partial charge in [-0.25, -0.2) is 18.4 Å². The molecule has 0 unspecified atom stereocenters. The zero-order valence-electron chi connectivity index (χ0n) is 10.3. The zero-order chi connectivity index (χ0) is 13.2. The highest BCUT2D eigenvalue weighted by molar-refractivity contribution is 5.17. The molecule has 0 aliphatic heterocycles. The third kappa shape index (κ3) is 3.35. The van der Waals surface area contributed by atoms with Crippen LogP contribution in [0.15, 0.2) is 24.5 Å². The Morgan fingerprint density at radius 2 is 1.95 bits per heavy atom. The number of halogens is 2. The maximum absolute atomic E-state index is 13.1. The second-order valence-corrected chi connectivity index (χ2v) is 4.79. The van der Waals surface area contributed by atoms with E-state index in [1.165, 1.54) is 25.0 Å². The van der Waals surface area contributed by atoms with Crippen LogP contribution in [0.2, 0.25) is 0 Å². The van der Waals surface area contributed by atoms with E-state index in [1.807, 2.05) is 0 Å². The van der Waals surface area contributed by atoms with Crippen LogP contribution in [0.25, 0.3) is 0 Å². The summed E-state index contributed by atoms with van der Waals surface area (Å²) in [7, 11) is 0. The van der Waals surface area contributed by atoms with E-state index in [4.69, 9.17) is 0 Å². The van der Waals surface area contributed by atoms with Crippen LogP contribution in [-0.2, 0) is 13.1 Å². The number of hydrogen-bond donors (Lipinski definition) is 1. The summed E-state index contributed by atoms with van der Waals surface area (Å²) < 4.78 is 27.7. The molecule has 100 valence electrons. The molecule has 3 rings (SSSR count). The van der Waals surface area contributed by atoms with Gasteiger partial charge in [-0.2, -0.15) is 5.10 Å². The molecule has 1 aliphatic rings. The van der Waals surface area contributed by atoms with Crippen LogP contribution >= 0.6 is 0 Å². The summed E-state index contributed by atoms with van der Waals surface area (Å²) in [5, 5.41) is 7.57. The van der Waals surface area contributed by atoms with Crippen molar-refractivity contribution >= 4 is 0 Å². The summed E-state index contributed by atoms with van der Waals surface area (Å²) in [6, 6.07) is 4.06. The lowest BCUT2D eigenvalue weighted by atomic mass is 10.2. The molecule has 1 heterocycles. The lowest BCUT2D eigenvalue weighted by Gasteiger charge is -2.02. The van der Waals surface area contributed by atoms with E-state index in [1.54, 1.807) is 11.0 Å². The summed E-state index contributed by atoms with van der Waals surface area (Å²) >= 11 is 0. The van der Waals surface area contributed by atoms with Gasteiger partial charge < -0.3 is 5.32 Å².